The molecule has 5 heteroatoms. The van der Waals surface area contributed by atoms with E-state index in [4.69, 9.17) is 10.5 Å². The van der Waals surface area contributed by atoms with Gasteiger partial charge in [-0.3, -0.25) is 4.90 Å². The Kier molecular flexibility index (Phi) is 6.42. The number of para-hydroxylation sites is 1. The lowest BCUT2D eigenvalue weighted by Crippen LogP contribution is -2.48. The van der Waals surface area contributed by atoms with Crippen LogP contribution in [0.5, 0.6) is 0 Å². The van der Waals surface area contributed by atoms with Crippen LogP contribution in [0.1, 0.15) is 13.3 Å². The maximum absolute atomic E-state index is 14.0. The summed E-state index contributed by atoms with van der Waals surface area (Å²) < 4.78 is 19.9. The number of hydrogen-bond donors (Lipinski definition) is 1. The van der Waals surface area contributed by atoms with E-state index in [0.717, 1.165) is 39.2 Å². The fourth-order valence-corrected chi connectivity index (χ4v) is 2.72. The summed E-state index contributed by atoms with van der Waals surface area (Å²) in [5.74, 6) is -0.183. The van der Waals surface area contributed by atoms with Gasteiger partial charge in [0.05, 0.1) is 18.4 Å². The lowest BCUT2D eigenvalue weighted by atomic mass is 10.2. The van der Waals surface area contributed by atoms with Gasteiger partial charge in [-0.15, -0.1) is 0 Å². The molecule has 1 heterocycles. The van der Waals surface area contributed by atoms with E-state index in [2.05, 4.69) is 16.7 Å². The van der Waals surface area contributed by atoms with E-state index >= 15 is 0 Å². The highest BCUT2D eigenvalue weighted by molar-refractivity contribution is 5.47. The van der Waals surface area contributed by atoms with Crippen LogP contribution in [0.2, 0.25) is 0 Å². The van der Waals surface area contributed by atoms with Crippen molar-refractivity contribution in [2.24, 2.45) is 5.73 Å². The van der Waals surface area contributed by atoms with Gasteiger partial charge in [0.25, 0.3) is 0 Å². The number of benzene rings is 1. The maximum Gasteiger partial charge on any atom is 0.146 e. The van der Waals surface area contributed by atoms with Gasteiger partial charge in [-0.25, -0.2) is 4.39 Å². The molecular formula is C16H26FN3O. The van der Waals surface area contributed by atoms with Crippen LogP contribution in [0.15, 0.2) is 24.3 Å². The zero-order chi connectivity index (χ0) is 15.1. The Balaban J connectivity index is 2.04. The first-order valence-electron chi connectivity index (χ1n) is 7.78. The number of anilines is 1. The molecule has 1 aromatic carbocycles. The van der Waals surface area contributed by atoms with E-state index in [1.54, 1.807) is 6.07 Å². The molecule has 1 aromatic rings. The normalized spacial score (nSPS) is 19.7. The summed E-state index contributed by atoms with van der Waals surface area (Å²) in [5, 5.41) is 0. The standard InChI is InChI=1S/C16H26FN3O/c1-2-19-10-11-21-14(12-19)13-20(9-5-8-18)16-7-4-3-6-15(16)17/h3-4,6-7,14H,2,5,8-13,18H2,1H3. The van der Waals surface area contributed by atoms with Gasteiger partial charge < -0.3 is 15.4 Å². The summed E-state index contributed by atoms with van der Waals surface area (Å²) in [7, 11) is 0. The zero-order valence-corrected chi connectivity index (χ0v) is 12.8. The average Bonchev–Trinajstić information content (AvgIpc) is 2.52. The van der Waals surface area contributed by atoms with Crippen molar-refractivity contribution in [1.29, 1.82) is 0 Å². The topological polar surface area (TPSA) is 41.7 Å². The van der Waals surface area contributed by atoms with Crippen molar-refractivity contribution in [3.05, 3.63) is 30.1 Å². The van der Waals surface area contributed by atoms with Crippen LogP contribution in [0.25, 0.3) is 0 Å². The smallest absolute Gasteiger partial charge is 0.146 e. The van der Waals surface area contributed by atoms with Crippen molar-refractivity contribution in [1.82, 2.24) is 4.90 Å². The van der Waals surface area contributed by atoms with E-state index in [-0.39, 0.29) is 11.9 Å². The maximum atomic E-state index is 14.0. The number of rotatable bonds is 7. The highest BCUT2D eigenvalue weighted by atomic mass is 19.1. The average molecular weight is 295 g/mol. The van der Waals surface area contributed by atoms with Crippen molar-refractivity contribution in [3.63, 3.8) is 0 Å². The Morgan fingerprint density at radius 2 is 2.24 bits per heavy atom. The largest absolute Gasteiger partial charge is 0.374 e. The molecule has 1 saturated heterocycles. The number of halogens is 1. The third-order valence-corrected chi connectivity index (χ3v) is 3.92. The minimum Gasteiger partial charge on any atom is -0.374 e. The van der Waals surface area contributed by atoms with Crippen LogP contribution in [0.4, 0.5) is 10.1 Å². The molecule has 0 bridgehead atoms. The van der Waals surface area contributed by atoms with E-state index in [9.17, 15) is 4.39 Å². The molecule has 4 nitrogen and oxygen atoms in total. The molecule has 21 heavy (non-hydrogen) atoms. The lowest BCUT2D eigenvalue weighted by Gasteiger charge is -2.36. The van der Waals surface area contributed by atoms with Crippen molar-refractivity contribution in [2.75, 3.05) is 50.8 Å². The fraction of sp³-hybridized carbons (Fsp3) is 0.625. The summed E-state index contributed by atoms with van der Waals surface area (Å²) in [5.41, 5.74) is 6.25. The summed E-state index contributed by atoms with van der Waals surface area (Å²) >= 11 is 0. The lowest BCUT2D eigenvalue weighted by molar-refractivity contribution is -0.0221. The third-order valence-electron chi connectivity index (χ3n) is 3.92. The minimum absolute atomic E-state index is 0.121. The molecule has 0 saturated carbocycles. The van der Waals surface area contributed by atoms with Crippen LogP contribution in [0.3, 0.4) is 0 Å². The first kappa shape index (κ1) is 16.2. The number of likely N-dealkylation sites (N-methyl/N-ethyl adjacent to an activating group) is 1. The van der Waals surface area contributed by atoms with E-state index in [1.165, 1.54) is 6.07 Å². The Bertz CT molecular complexity index is 430. The van der Waals surface area contributed by atoms with Crippen molar-refractivity contribution in [2.45, 2.75) is 19.4 Å². The van der Waals surface area contributed by atoms with Gasteiger partial charge in [-0.05, 0) is 31.6 Å². The molecule has 0 amide bonds. The summed E-state index contributed by atoms with van der Waals surface area (Å²) in [6, 6.07) is 6.92. The van der Waals surface area contributed by atoms with Crippen molar-refractivity contribution >= 4 is 5.69 Å². The summed E-state index contributed by atoms with van der Waals surface area (Å²) in [6.07, 6.45) is 0.967. The highest BCUT2D eigenvalue weighted by Crippen LogP contribution is 2.20. The van der Waals surface area contributed by atoms with Gasteiger partial charge in [0, 0.05) is 26.2 Å². The molecule has 0 aliphatic carbocycles. The van der Waals surface area contributed by atoms with Crippen LogP contribution < -0.4 is 10.6 Å². The van der Waals surface area contributed by atoms with E-state index in [1.807, 2.05) is 12.1 Å². The molecule has 1 aliphatic heterocycles. The second-order valence-electron chi connectivity index (χ2n) is 5.43. The van der Waals surface area contributed by atoms with Crippen molar-refractivity contribution in [3.8, 4) is 0 Å². The van der Waals surface area contributed by atoms with Gasteiger partial charge in [0.1, 0.15) is 5.82 Å². The quantitative estimate of drug-likeness (QED) is 0.831. The van der Waals surface area contributed by atoms with E-state index < -0.39 is 0 Å². The number of nitrogens with two attached hydrogens (primary N) is 1. The second kappa shape index (κ2) is 8.32. The SMILES string of the molecule is CCN1CCOC(CN(CCCN)c2ccccc2F)C1. The molecule has 1 fully saturated rings. The number of ether oxygens (including phenoxy) is 1. The van der Waals surface area contributed by atoms with E-state index in [0.29, 0.717) is 18.8 Å². The molecule has 2 N–H and O–H groups in total. The van der Waals surface area contributed by atoms with Crippen LogP contribution >= 0.6 is 0 Å². The Morgan fingerprint density at radius 1 is 1.43 bits per heavy atom. The van der Waals surface area contributed by atoms with Crippen molar-refractivity contribution < 1.29 is 9.13 Å². The van der Waals surface area contributed by atoms with Gasteiger partial charge in [-0.2, -0.15) is 0 Å². The second-order valence-corrected chi connectivity index (χ2v) is 5.43. The fourth-order valence-electron chi connectivity index (χ4n) is 2.72. The van der Waals surface area contributed by atoms with Gasteiger partial charge in [-0.1, -0.05) is 19.1 Å². The third kappa shape index (κ3) is 4.66. The number of nitrogens with zero attached hydrogens (tertiary/aromatic N) is 2. The number of morpholine rings is 1. The number of hydrogen-bond acceptors (Lipinski definition) is 4. The zero-order valence-electron chi connectivity index (χ0n) is 12.8. The Morgan fingerprint density at radius 3 is 2.95 bits per heavy atom. The van der Waals surface area contributed by atoms with Crippen LogP contribution in [-0.4, -0.2) is 56.9 Å². The predicted molar refractivity (Wildman–Crippen MR) is 84.1 cm³/mol. The molecular weight excluding hydrogens is 269 g/mol. The van der Waals surface area contributed by atoms with Crippen LogP contribution in [0, 0.1) is 5.82 Å². The first-order valence-corrected chi connectivity index (χ1v) is 7.78. The Hall–Kier alpha value is -1.17. The Labute approximate surface area is 126 Å². The molecule has 0 aromatic heterocycles. The molecule has 1 unspecified atom stereocenters. The summed E-state index contributed by atoms with van der Waals surface area (Å²) in [4.78, 5) is 4.43. The predicted octanol–water partition coefficient (Wildman–Crippen LogP) is 1.70. The molecule has 1 atom stereocenters. The highest BCUT2D eigenvalue weighted by Gasteiger charge is 2.22. The van der Waals surface area contributed by atoms with Gasteiger partial charge in [0.15, 0.2) is 0 Å². The van der Waals surface area contributed by atoms with Crippen LogP contribution in [-0.2, 0) is 4.74 Å². The van der Waals surface area contributed by atoms with Gasteiger partial charge >= 0.3 is 0 Å². The first-order chi connectivity index (χ1) is 10.2. The molecule has 1 aliphatic rings. The summed E-state index contributed by atoms with van der Waals surface area (Å²) in [6.45, 7) is 7.90. The van der Waals surface area contributed by atoms with Gasteiger partial charge in [0.2, 0.25) is 0 Å². The molecule has 0 radical (unpaired) electrons. The monoisotopic (exact) mass is 295 g/mol. The minimum atomic E-state index is -0.183. The molecule has 2 rings (SSSR count). The molecule has 0 spiro atoms. The molecule has 118 valence electrons.